The van der Waals surface area contributed by atoms with E-state index in [4.69, 9.17) is 0 Å². The monoisotopic (exact) mass is 134 g/mol. The molecule has 0 amide bonds. The van der Waals surface area contributed by atoms with E-state index in [2.05, 4.69) is 20.6 Å². The summed E-state index contributed by atoms with van der Waals surface area (Å²) < 4.78 is 30.4. The number of nitrogens with zero attached hydrogens (tertiary/aromatic N) is 1. The van der Waals surface area contributed by atoms with Gasteiger partial charge in [0.2, 0.25) is 0 Å². The van der Waals surface area contributed by atoms with E-state index in [1.54, 1.807) is 0 Å². The minimum Gasteiger partial charge on any atom is -0.401 e. The van der Waals surface area contributed by atoms with Gasteiger partial charge in [0.25, 0.3) is 0 Å². The van der Waals surface area contributed by atoms with Crippen LogP contribution in [0.1, 0.15) is 0 Å². The molecule has 3 nitrogen and oxygen atoms in total. The molecule has 0 aliphatic heterocycles. The zero-order valence-corrected chi connectivity index (χ0v) is 4.17. The van der Waals surface area contributed by atoms with E-state index >= 15 is 0 Å². The van der Waals surface area contributed by atoms with Crippen molar-refractivity contribution in [2.45, 2.75) is 6.61 Å². The molecule has 0 saturated heterocycles. The minimum absolute atomic E-state index is 0.329. The Morgan fingerprint density at radius 2 is 2.56 bits per heavy atom. The summed E-state index contributed by atoms with van der Waals surface area (Å²) in [5.74, 6) is -0.329. The molecule has 0 spiro atoms. The molecule has 0 aliphatic carbocycles. The Morgan fingerprint density at radius 3 is 3.00 bits per heavy atom. The van der Waals surface area contributed by atoms with Gasteiger partial charge in [-0.2, -0.15) is 8.78 Å². The summed E-state index contributed by atoms with van der Waals surface area (Å²) in [5, 5.41) is 3.02. The fraction of sp³-hybridized carbons (Fsp3) is 0.250. The summed E-state index contributed by atoms with van der Waals surface area (Å²) in [4.78, 5) is 0. The van der Waals surface area contributed by atoms with Gasteiger partial charge in [-0.25, -0.2) is 0 Å². The number of hydrogen-bond donors (Lipinski definition) is 0. The number of aromatic nitrogens is 1. The van der Waals surface area contributed by atoms with Crippen LogP contribution in [0.5, 0.6) is 5.95 Å². The van der Waals surface area contributed by atoms with Crippen LogP contribution in [-0.4, -0.2) is 11.8 Å². The van der Waals surface area contributed by atoms with E-state index in [-0.39, 0.29) is 5.95 Å². The number of halogens is 2. The Kier molecular flexibility index (Phi) is 1.62. The second-order valence-corrected chi connectivity index (χ2v) is 1.15. The van der Waals surface area contributed by atoms with E-state index in [0.29, 0.717) is 0 Å². The van der Waals surface area contributed by atoms with E-state index in [0.717, 1.165) is 6.07 Å². The van der Waals surface area contributed by atoms with Crippen molar-refractivity contribution in [3.63, 3.8) is 0 Å². The Bertz CT molecular complexity index is 163. The van der Waals surface area contributed by atoms with Gasteiger partial charge in [-0.3, -0.25) is 0 Å². The summed E-state index contributed by atoms with van der Waals surface area (Å²) in [6.07, 6.45) is 2.16. The van der Waals surface area contributed by atoms with Crippen molar-refractivity contribution in [1.82, 2.24) is 5.16 Å². The second kappa shape index (κ2) is 2.43. The highest BCUT2D eigenvalue weighted by atomic mass is 19.3. The zero-order valence-electron chi connectivity index (χ0n) is 4.17. The normalized spacial score (nSPS) is 10.1. The molecule has 1 aromatic heterocycles. The predicted octanol–water partition coefficient (Wildman–Crippen LogP) is 1.08. The number of hydrogen-bond acceptors (Lipinski definition) is 3. The first-order valence-electron chi connectivity index (χ1n) is 2.06. The van der Waals surface area contributed by atoms with Crippen molar-refractivity contribution in [2.24, 2.45) is 0 Å². The van der Waals surface area contributed by atoms with E-state index in [1.807, 2.05) is 0 Å². The third-order valence-electron chi connectivity index (χ3n) is 0.576. The zero-order chi connectivity index (χ0) is 6.69. The molecule has 1 heterocycles. The van der Waals surface area contributed by atoms with Gasteiger partial charge in [-0.05, 0) is 0 Å². The van der Waals surface area contributed by atoms with Crippen LogP contribution in [0.3, 0.4) is 0 Å². The van der Waals surface area contributed by atoms with Gasteiger partial charge < -0.3 is 9.26 Å². The van der Waals surface area contributed by atoms with Crippen LogP contribution < -0.4 is 4.74 Å². The summed E-state index contributed by atoms with van der Waals surface area (Å²) in [7, 11) is 0. The Hall–Kier alpha value is -1.13. The molecule has 49 valence electrons. The second-order valence-electron chi connectivity index (χ2n) is 1.15. The molecular formula is C4H2F2NO2. The fourth-order valence-corrected chi connectivity index (χ4v) is 0.320. The van der Waals surface area contributed by atoms with Crippen molar-refractivity contribution in [3.05, 3.63) is 12.3 Å². The van der Waals surface area contributed by atoms with Crippen molar-refractivity contribution >= 4 is 0 Å². The van der Waals surface area contributed by atoms with Crippen LogP contribution in [0.2, 0.25) is 0 Å². The Morgan fingerprint density at radius 1 is 1.78 bits per heavy atom. The molecule has 5 heteroatoms. The van der Waals surface area contributed by atoms with Crippen molar-refractivity contribution in [1.29, 1.82) is 0 Å². The standard InChI is InChI=1S/C4H2F2NO2/c5-4(6)8-3-1-2-7-9-3/h1,4H. The van der Waals surface area contributed by atoms with Gasteiger partial charge in [0.05, 0.1) is 6.07 Å². The molecule has 0 N–H and O–H groups in total. The van der Waals surface area contributed by atoms with Crippen LogP contribution in [0.15, 0.2) is 10.6 Å². The lowest BCUT2D eigenvalue weighted by Gasteiger charge is -1.94. The number of ether oxygens (including phenoxy) is 1. The predicted molar refractivity (Wildman–Crippen MR) is 22.0 cm³/mol. The van der Waals surface area contributed by atoms with Gasteiger partial charge in [-0.1, -0.05) is 5.16 Å². The van der Waals surface area contributed by atoms with Gasteiger partial charge in [0.1, 0.15) is 6.20 Å². The van der Waals surface area contributed by atoms with Crippen LogP contribution in [0.4, 0.5) is 8.78 Å². The van der Waals surface area contributed by atoms with Crippen LogP contribution in [0.25, 0.3) is 0 Å². The molecule has 9 heavy (non-hydrogen) atoms. The fourth-order valence-electron chi connectivity index (χ4n) is 0.320. The van der Waals surface area contributed by atoms with Crippen LogP contribution in [0, 0.1) is 6.20 Å². The van der Waals surface area contributed by atoms with Gasteiger partial charge in [0.15, 0.2) is 0 Å². The molecular weight excluding hydrogens is 132 g/mol. The lowest BCUT2D eigenvalue weighted by Crippen LogP contribution is -2.00. The molecule has 0 aliphatic rings. The highest BCUT2D eigenvalue weighted by Gasteiger charge is 2.05. The van der Waals surface area contributed by atoms with Crippen molar-refractivity contribution in [2.75, 3.05) is 0 Å². The van der Waals surface area contributed by atoms with Gasteiger partial charge in [0, 0.05) is 0 Å². The van der Waals surface area contributed by atoms with E-state index in [9.17, 15) is 8.78 Å². The third kappa shape index (κ3) is 1.67. The minimum atomic E-state index is -2.87. The van der Waals surface area contributed by atoms with Crippen LogP contribution in [-0.2, 0) is 0 Å². The summed E-state index contributed by atoms with van der Waals surface area (Å²) in [5.41, 5.74) is 0. The quantitative estimate of drug-likeness (QED) is 0.606. The molecule has 0 bridgehead atoms. The van der Waals surface area contributed by atoms with Gasteiger partial charge >= 0.3 is 12.6 Å². The average molecular weight is 134 g/mol. The molecule has 1 rings (SSSR count). The lowest BCUT2D eigenvalue weighted by atomic mass is 10.7. The Labute approximate surface area is 49.2 Å². The molecule has 0 atom stereocenters. The summed E-state index contributed by atoms with van der Waals surface area (Å²) in [6.45, 7) is -2.87. The maximum Gasteiger partial charge on any atom is 0.389 e. The SMILES string of the molecule is FC(F)Oc1c[c]no1. The Balaban J connectivity index is 2.48. The largest absolute Gasteiger partial charge is 0.401 e. The van der Waals surface area contributed by atoms with Crippen LogP contribution >= 0.6 is 0 Å². The number of rotatable bonds is 2. The molecule has 0 unspecified atom stereocenters. The molecule has 0 saturated carbocycles. The van der Waals surface area contributed by atoms with E-state index < -0.39 is 6.61 Å². The third-order valence-corrected chi connectivity index (χ3v) is 0.576. The highest BCUT2D eigenvalue weighted by Crippen LogP contribution is 2.09. The van der Waals surface area contributed by atoms with E-state index in [1.165, 1.54) is 0 Å². The van der Waals surface area contributed by atoms with Crippen molar-refractivity contribution in [3.8, 4) is 5.95 Å². The summed E-state index contributed by atoms with van der Waals surface area (Å²) >= 11 is 0. The molecule has 0 aromatic carbocycles. The van der Waals surface area contributed by atoms with Gasteiger partial charge in [-0.15, -0.1) is 0 Å². The average Bonchev–Trinajstić information content (AvgIpc) is 2.15. The lowest BCUT2D eigenvalue weighted by molar-refractivity contribution is -0.0666. The topological polar surface area (TPSA) is 35.3 Å². The summed E-state index contributed by atoms with van der Waals surface area (Å²) in [6, 6.07) is 1.08. The maximum atomic E-state index is 11.3. The molecule has 1 radical (unpaired) electrons. The first-order valence-corrected chi connectivity index (χ1v) is 2.06. The van der Waals surface area contributed by atoms with Crippen molar-refractivity contribution < 1.29 is 18.0 Å². The molecule has 0 fully saturated rings. The molecule has 1 aromatic rings. The smallest absolute Gasteiger partial charge is 0.389 e. The maximum absolute atomic E-state index is 11.3. The first-order chi connectivity index (χ1) is 4.29. The first kappa shape index (κ1) is 6.00. The number of alkyl halides is 2. The highest BCUT2D eigenvalue weighted by molar-refractivity contribution is 4.97.